The molecule has 0 radical (unpaired) electrons. The van der Waals surface area contributed by atoms with Crippen LogP contribution in [0.25, 0.3) is 0 Å². The normalized spacial score (nSPS) is 11.3. The number of carbonyl (C=O) groups excluding carboxylic acids is 2. The first kappa shape index (κ1) is 12.2. The fraction of sp³-hybridized carbons (Fsp3) is 0.333. The van der Waals surface area contributed by atoms with Gasteiger partial charge in [-0.2, -0.15) is 0 Å². The molecule has 1 atom stereocenters. The molecule has 1 unspecified atom stereocenters. The van der Waals surface area contributed by atoms with Gasteiger partial charge in [-0.25, -0.2) is 4.79 Å². The summed E-state index contributed by atoms with van der Waals surface area (Å²) in [5.74, 6) is -0.328. The van der Waals surface area contributed by atoms with E-state index < -0.39 is 12.2 Å². The first-order valence-electron chi connectivity index (χ1n) is 4.06. The van der Waals surface area contributed by atoms with Gasteiger partial charge in [-0.3, -0.25) is 9.69 Å². The monoisotopic (exact) mass is 197 g/mol. The highest BCUT2D eigenvalue weighted by Crippen LogP contribution is 1.97. The van der Waals surface area contributed by atoms with Crippen LogP contribution in [0.4, 0.5) is 4.79 Å². The molecular formula is C9H15N3O2. The predicted molar refractivity (Wildman–Crippen MR) is 54.0 cm³/mol. The Morgan fingerprint density at radius 2 is 2.07 bits per heavy atom. The van der Waals surface area contributed by atoms with Crippen molar-refractivity contribution in [2.45, 2.75) is 20.0 Å². The van der Waals surface area contributed by atoms with Crippen molar-refractivity contribution in [3.63, 3.8) is 0 Å². The first-order chi connectivity index (χ1) is 6.40. The van der Waals surface area contributed by atoms with E-state index in [0.717, 1.165) is 4.90 Å². The lowest BCUT2D eigenvalue weighted by Gasteiger charge is -2.24. The van der Waals surface area contributed by atoms with Crippen molar-refractivity contribution in [1.82, 2.24) is 10.2 Å². The van der Waals surface area contributed by atoms with E-state index in [2.05, 4.69) is 18.5 Å². The van der Waals surface area contributed by atoms with E-state index in [1.54, 1.807) is 13.8 Å². The van der Waals surface area contributed by atoms with E-state index >= 15 is 0 Å². The van der Waals surface area contributed by atoms with Gasteiger partial charge in [0.2, 0.25) is 5.91 Å². The molecule has 0 aromatic rings. The quantitative estimate of drug-likeness (QED) is 0.510. The van der Waals surface area contributed by atoms with Crippen molar-refractivity contribution in [2.75, 3.05) is 0 Å². The van der Waals surface area contributed by atoms with E-state index in [4.69, 9.17) is 5.73 Å². The summed E-state index contributed by atoms with van der Waals surface area (Å²) in [5.41, 5.74) is 5.41. The second kappa shape index (κ2) is 5.06. The summed E-state index contributed by atoms with van der Waals surface area (Å²) in [5, 5.41) is 2.53. The predicted octanol–water partition coefficient (Wildman–Crippen LogP) is 0.549. The van der Waals surface area contributed by atoms with Crippen LogP contribution in [0, 0.1) is 0 Å². The second-order valence-corrected chi connectivity index (χ2v) is 2.86. The molecule has 0 rings (SSSR count). The molecule has 0 saturated carbocycles. The third-order valence-corrected chi connectivity index (χ3v) is 1.60. The van der Waals surface area contributed by atoms with Crippen LogP contribution in [0.3, 0.4) is 0 Å². The third-order valence-electron chi connectivity index (χ3n) is 1.60. The fourth-order valence-corrected chi connectivity index (χ4v) is 0.821. The summed E-state index contributed by atoms with van der Waals surface area (Å²) in [6.45, 7) is 10.1. The Bertz CT molecular complexity index is 273. The van der Waals surface area contributed by atoms with Crippen molar-refractivity contribution in [3.8, 4) is 0 Å². The van der Waals surface area contributed by atoms with E-state index in [-0.39, 0.29) is 5.91 Å². The number of hydrogen-bond donors (Lipinski definition) is 2. The topological polar surface area (TPSA) is 75.4 Å². The number of primary amides is 1. The van der Waals surface area contributed by atoms with E-state index in [1.807, 2.05) is 0 Å². The zero-order valence-corrected chi connectivity index (χ0v) is 8.41. The maximum atomic E-state index is 11.2. The van der Waals surface area contributed by atoms with E-state index in [9.17, 15) is 9.59 Å². The SMILES string of the molecule is C=CN(C(N)=O)C(C)NC(=O)C(=C)C. The van der Waals surface area contributed by atoms with Crippen LogP contribution in [0.15, 0.2) is 24.9 Å². The van der Waals surface area contributed by atoms with E-state index in [0.29, 0.717) is 5.57 Å². The van der Waals surface area contributed by atoms with Gasteiger partial charge in [0.15, 0.2) is 0 Å². The van der Waals surface area contributed by atoms with E-state index in [1.165, 1.54) is 6.20 Å². The maximum absolute atomic E-state index is 11.2. The van der Waals surface area contributed by atoms with Crippen molar-refractivity contribution in [1.29, 1.82) is 0 Å². The van der Waals surface area contributed by atoms with Gasteiger partial charge in [0.05, 0.1) is 0 Å². The summed E-state index contributed by atoms with van der Waals surface area (Å²) in [6, 6.07) is -0.672. The smallest absolute Gasteiger partial charge is 0.320 e. The lowest BCUT2D eigenvalue weighted by atomic mass is 10.3. The van der Waals surface area contributed by atoms with Crippen molar-refractivity contribution < 1.29 is 9.59 Å². The highest BCUT2D eigenvalue weighted by atomic mass is 16.2. The Hall–Kier alpha value is -1.78. The number of amides is 3. The molecule has 0 aromatic heterocycles. The van der Waals surface area contributed by atoms with Crippen LogP contribution in [0.5, 0.6) is 0 Å². The molecule has 3 N–H and O–H groups in total. The number of carbonyl (C=O) groups is 2. The highest BCUT2D eigenvalue weighted by molar-refractivity contribution is 5.92. The molecule has 0 aromatic carbocycles. The van der Waals surface area contributed by atoms with Gasteiger partial charge in [0, 0.05) is 11.8 Å². The van der Waals surface area contributed by atoms with Crippen LogP contribution >= 0.6 is 0 Å². The van der Waals surface area contributed by atoms with Crippen LogP contribution in [0.2, 0.25) is 0 Å². The van der Waals surface area contributed by atoms with Crippen LogP contribution in [-0.4, -0.2) is 23.0 Å². The van der Waals surface area contributed by atoms with Gasteiger partial charge in [-0.1, -0.05) is 13.2 Å². The van der Waals surface area contributed by atoms with Crippen LogP contribution < -0.4 is 11.1 Å². The molecule has 3 amide bonds. The Balaban J connectivity index is 4.38. The average molecular weight is 197 g/mol. The Morgan fingerprint density at radius 1 is 1.57 bits per heavy atom. The largest absolute Gasteiger partial charge is 0.351 e. The van der Waals surface area contributed by atoms with Gasteiger partial charge in [0.1, 0.15) is 6.17 Å². The molecule has 0 aliphatic heterocycles. The van der Waals surface area contributed by atoms with Gasteiger partial charge in [-0.15, -0.1) is 0 Å². The molecule has 5 nitrogen and oxygen atoms in total. The standard InChI is InChI=1S/C9H15N3O2/c1-5-12(9(10)14)7(4)11-8(13)6(2)3/h5,7H,1-2H2,3-4H3,(H2,10,14)(H,11,13). The zero-order valence-electron chi connectivity index (χ0n) is 8.41. The molecule has 0 bridgehead atoms. The molecule has 5 heteroatoms. The maximum Gasteiger partial charge on any atom is 0.320 e. The van der Waals surface area contributed by atoms with Crippen molar-refractivity contribution >= 4 is 11.9 Å². The Morgan fingerprint density at radius 3 is 2.36 bits per heavy atom. The van der Waals surface area contributed by atoms with Gasteiger partial charge >= 0.3 is 6.03 Å². The molecule has 0 fully saturated rings. The highest BCUT2D eigenvalue weighted by Gasteiger charge is 2.16. The van der Waals surface area contributed by atoms with Crippen LogP contribution in [-0.2, 0) is 4.79 Å². The summed E-state index contributed by atoms with van der Waals surface area (Å²) in [6.07, 6.45) is 0.723. The molecule has 0 spiro atoms. The molecule has 0 saturated heterocycles. The summed E-state index contributed by atoms with van der Waals surface area (Å²) >= 11 is 0. The minimum absolute atomic E-state index is 0.328. The summed E-state index contributed by atoms with van der Waals surface area (Å²) < 4.78 is 0. The molecule has 14 heavy (non-hydrogen) atoms. The third kappa shape index (κ3) is 3.30. The first-order valence-corrected chi connectivity index (χ1v) is 4.06. The summed E-state index contributed by atoms with van der Waals surface area (Å²) in [7, 11) is 0. The van der Waals surface area contributed by atoms with Gasteiger partial charge in [0.25, 0.3) is 0 Å². The number of hydrogen-bond acceptors (Lipinski definition) is 2. The van der Waals surface area contributed by atoms with Crippen molar-refractivity contribution in [2.24, 2.45) is 5.73 Å². The lowest BCUT2D eigenvalue weighted by Crippen LogP contribution is -2.48. The Labute approximate surface area is 83.3 Å². The summed E-state index contributed by atoms with van der Waals surface area (Å²) in [4.78, 5) is 23.1. The number of nitrogens with two attached hydrogens (primary N) is 1. The number of nitrogens with one attached hydrogen (secondary N) is 1. The number of urea groups is 1. The number of nitrogens with zero attached hydrogens (tertiary/aromatic N) is 1. The molecule has 0 aliphatic rings. The Kier molecular flexibility index (Phi) is 4.42. The number of rotatable bonds is 4. The van der Waals surface area contributed by atoms with Gasteiger partial charge < -0.3 is 11.1 Å². The average Bonchev–Trinajstić information content (AvgIpc) is 2.04. The molecule has 0 heterocycles. The second-order valence-electron chi connectivity index (χ2n) is 2.86. The fourth-order valence-electron chi connectivity index (χ4n) is 0.821. The van der Waals surface area contributed by atoms with Crippen LogP contribution in [0.1, 0.15) is 13.8 Å². The molecule has 78 valence electrons. The minimum atomic E-state index is -0.672. The minimum Gasteiger partial charge on any atom is -0.351 e. The van der Waals surface area contributed by atoms with Crippen molar-refractivity contribution in [3.05, 3.63) is 24.9 Å². The molecule has 0 aliphatic carbocycles. The zero-order chi connectivity index (χ0) is 11.3. The molecular weight excluding hydrogens is 182 g/mol. The van der Waals surface area contributed by atoms with Gasteiger partial charge in [-0.05, 0) is 13.8 Å². The lowest BCUT2D eigenvalue weighted by molar-refractivity contribution is -0.118.